The minimum Gasteiger partial charge on any atom is -0.462 e. The minimum absolute atomic E-state index is 0.188. The van der Waals surface area contributed by atoms with E-state index < -0.39 is 51.8 Å². The summed E-state index contributed by atoms with van der Waals surface area (Å²) in [7, 11) is -4.61. The highest BCUT2D eigenvalue weighted by Crippen LogP contribution is 2.43. The number of unbranched alkanes of at least 4 members (excludes halogenated alkanes) is 23. The molecule has 0 aromatic heterocycles. The molecule has 0 aliphatic rings. The van der Waals surface area contributed by atoms with Crippen molar-refractivity contribution in [1.29, 1.82) is 0 Å². The number of hydrogen-bond donors (Lipinski definition) is 3. The normalized spacial score (nSPS) is 14.1. The van der Waals surface area contributed by atoms with Gasteiger partial charge in [-0.2, -0.15) is 0 Å². The van der Waals surface area contributed by atoms with Crippen LogP contribution in [0.15, 0.2) is 12.2 Å². The first kappa shape index (κ1) is 49.7. The molecule has 3 N–H and O–H groups in total. The van der Waals surface area contributed by atoms with Gasteiger partial charge in [-0.3, -0.25) is 18.6 Å². The van der Waals surface area contributed by atoms with E-state index in [2.05, 4.69) is 30.5 Å². The highest BCUT2D eigenvalue weighted by molar-refractivity contribution is 7.47. The van der Waals surface area contributed by atoms with Gasteiger partial charge in [0.15, 0.2) is 6.10 Å². The highest BCUT2D eigenvalue weighted by atomic mass is 31.2. The molecular formula is C40H77O10P. The van der Waals surface area contributed by atoms with E-state index in [0.717, 1.165) is 51.4 Å². The largest absolute Gasteiger partial charge is 0.472 e. The highest BCUT2D eigenvalue weighted by Gasteiger charge is 2.27. The van der Waals surface area contributed by atoms with Gasteiger partial charge in [0.05, 0.1) is 19.8 Å². The first-order valence-electron chi connectivity index (χ1n) is 20.6. The predicted octanol–water partition coefficient (Wildman–Crippen LogP) is 10.4. The van der Waals surface area contributed by atoms with Crippen molar-refractivity contribution in [3.63, 3.8) is 0 Å². The summed E-state index contributed by atoms with van der Waals surface area (Å²) in [6.07, 6.45) is 33.2. The summed E-state index contributed by atoms with van der Waals surface area (Å²) in [5.41, 5.74) is 0. The molecular weight excluding hydrogens is 671 g/mol. The van der Waals surface area contributed by atoms with Gasteiger partial charge in [-0.15, -0.1) is 0 Å². The summed E-state index contributed by atoms with van der Waals surface area (Å²) >= 11 is 0. The van der Waals surface area contributed by atoms with E-state index in [1.807, 2.05) is 0 Å². The molecule has 0 amide bonds. The Bertz CT molecular complexity index is 868. The molecule has 0 aliphatic heterocycles. The number of rotatable bonds is 39. The number of phosphoric acid groups is 1. The summed E-state index contributed by atoms with van der Waals surface area (Å²) < 4.78 is 32.6. The minimum atomic E-state index is -4.61. The Labute approximate surface area is 311 Å². The number of aliphatic hydroxyl groups is 2. The molecule has 51 heavy (non-hydrogen) atoms. The summed E-state index contributed by atoms with van der Waals surface area (Å²) in [5.74, 6) is -0.927. The van der Waals surface area contributed by atoms with Crippen molar-refractivity contribution in [3.8, 4) is 0 Å². The third-order valence-electron chi connectivity index (χ3n) is 8.92. The zero-order valence-electron chi connectivity index (χ0n) is 32.6. The second-order valence-electron chi connectivity index (χ2n) is 14.0. The van der Waals surface area contributed by atoms with Crippen LogP contribution in [0, 0.1) is 0 Å². The van der Waals surface area contributed by atoms with Crippen LogP contribution in [0.2, 0.25) is 0 Å². The Morgan fingerprint density at radius 2 is 0.961 bits per heavy atom. The molecule has 0 fully saturated rings. The molecule has 302 valence electrons. The van der Waals surface area contributed by atoms with Gasteiger partial charge in [0.2, 0.25) is 0 Å². The van der Waals surface area contributed by atoms with Gasteiger partial charge in [0.25, 0.3) is 0 Å². The number of allylic oxidation sites excluding steroid dienone is 2. The van der Waals surface area contributed by atoms with Crippen molar-refractivity contribution >= 4 is 19.8 Å². The summed E-state index contributed by atoms with van der Waals surface area (Å²) in [6.45, 7) is 2.37. The molecule has 0 aromatic rings. The molecule has 0 heterocycles. The Morgan fingerprint density at radius 3 is 1.41 bits per heavy atom. The van der Waals surface area contributed by atoms with Gasteiger partial charge in [-0.1, -0.05) is 154 Å². The van der Waals surface area contributed by atoms with E-state index in [9.17, 15) is 24.2 Å². The third-order valence-corrected chi connectivity index (χ3v) is 9.87. The molecule has 0 spiro atoms. The van der Waals surface area contributed by atoms with Crippen molar-refractivity contribution in [2.45, 2.75) is 206 Å². The van der Waals surface area contributed by atoms with Crippen LogP contribution in [-0.4, -0.2) is 65.7 Å². The first-order chi connectivity index (χ1) is 24.7. The van der Waals surface area contributed by atoms with Crippen LogP contribution in [0.3, 0.4) is 0 Å². The van der Waals surface area contributed by atoms with Crippen LogP contribution in [0.5, 0.6) is 0 Å². The fourth-order valence-electron chi connectivity index (χ4n) is 5.69. The lowest BCUT2D eigenvalue weighted by atomic mass is 10.0. The molecule has 3 unspecified atom stereocenters. The van der Waals surface area contributed by atoms with Crippen molar-refractivity contribution in [3.05, 3.63) is 12.2 Å². The molecule has 0 bridgehead atoms. The number of esters is 2. The maximum Gasteiger partial charge on any atom is 0.472 e. The lowest BCUT2D eigenvalue weighted by Gasteiger charge is -2.20. The lowest BCUT2D eigenvalue weighted by molar-refractivity contribution is -0.161. The third kappa shape index (κ3) is 36.8. The lowest BCUT2D eigenvalue weighted by Crippen LogP contribution is -2.29. The number of ether oxygens (including phenoxy) is 2. The van der Waals surface area contributed by atoms with Gasteiger partial charge in [-0.25, -0.2) is 4.57 Å². The Balaban J connectivity index is 4.31. The van der Waals surface area contributed by atoms with E-state index in [4.69, 9.17) is 19.1 Å². The fourth-order valence-corrected chi connectivity index (χ4v) is 6.48. The van der Waals surface area contributed by atoms with Crippen molar-refractivity contribution in [2.24, 2.45) is 0 Å². The first-order valence-corrected chi connectivity index (χ1v) is 22.1. The van der Waals surface area contributed by atoms with Crippen LogP contribution < -0.4 is 0 Å². The Hall–Kier alpha value is -1.29. The maximum absolute atomic E-state index is 12.6. The number of carbonyl (C=O) groups excluding carboxylic acids is 2. The topological polar surface area (TPSA) is 149 Å². The van der Waals surface area contributed by atoms with E-state index in [1.54, 1.807) is 0 Å². The van der Waals surface area contributed by atoms with Crippen molar-refractivity contribution in [2.75, 3.05) is 26.4 Å². The average molecular weight is 749 g/mol. The molecule has 11 heteroatoms. The number of hydrogen-bond acceptors (Lipinski definition) is 9. The predicted molar refractivity (Wildman–Crippen MR) is 205 cm³/mol. The SMILES string of the molecule is CCCCCCCC/C=C/CCCCCCCC(=O)OCC(COP(=O)(O)OCC(O)CO)OC(=O)CCCCCCCCCCCCCCC. The molecule has 10 nitrogen and oxygen atoms in total. The van der Waals surface area contributed by atoms with Gasteiger partial charge in [-0.05, 0) is 38.5 Å². The molecule has 0 aliphatic carbocycles. The second kappa shape index (κ2) is 37.0. The van der Waals surface area contributed by atoms with E-state index in [0.29, 0.717) is 12.8 Å². The van der Waals surface area contributed by atoms with Crippen LogP contribution >= 0.6 is 7.82 Å². The van der Waals surface area contributed by atoms with Crippen molar-refractivity contribution < 1.29 is 47.8 Å². The quantitative estimate of drug-likeness (QED) is 0.0240. The molecule has 0 rings (SSSR count). The number of aliphatic hydroxyl groups excluding tert-OH is 2. The monoisotopic (exact) mass is 749 g/mol. The van der Waals surface area contributed by atoms with Crippen LogP contribution in [0.1, 0.15) is 194 Å². The van der Waals surface area contributed by atoms with Gasteiger partial charge < -0.3 is 24.6 Å². The number of phosphoric ester groups is 1. The molecule has 0 saturated heterocycles. The van der Waals surface area contributed by atoms with Crippen LogP contribution in [0.25, 0.3) is 0 Å². The van der Waals surface area contributed by atoms with Crippen LogP contribution in [0.4, 0.5) is 0 Å². The molecule has 0 aromatic carbocycles. The fraction of sp³-hybridized carbons (Fsp3) is 0.900. The summed E-state index contributed by atoms with van der Waals surface area (Å²) in [5, 5.41) is 18.3. The maximum atomic E-state index is 12.6. The van der Waals surface area contributed by atoms with Gasteiger partial charge >= 0.3 is 19.8 Å². The average Bonchev–Trinajstić information content (AvgIpc) is 3.12. The molecule has 0 saturated carbocycles. The summed E-state index contributed by atoms with van der Waals surface area (Å²) in [6, 6.07) is 0. The standard InChI is InChI=1S/C40H77O10P/c1-3-5-7-9-11-13-15-17-18-20-21-23-25-27-29-31-39(43)47-35-38(36-49-51(45,46)48-34-37(42)33-41)50-40(44)32-30-28-26-24-22-19-16-14-12-10-8-6-4-2/h17-18,37-38,41-42H,3-16,19-36H2,1-2H3,(H,45,46)/b18-17+. The zero-order valence-corrected chi connectivity index (χ0v) is 33.5. The van der Waals surface area contributed by atoms with Crippen molar-refractivity contribution in [1.82, 2.24) is 0 Å². The smallest absolute Gasteiger partial charge is 0.462 e. The second-order valence-corrected chi connectivity index (χ2v) is 15.5. The zero-order chi connectivity index (χ0) is 37.7. The van der Waals surface area contributed by atoms with E-state index in [1.165, 1.54) is 103 Å². The van der Waals surface area contributed by atoms with E-state index in [-0.39, 0.29) is 19.4 Å². The van der Waals surface area contributed by atoms with E-state index >= 15 is 0 Å². The number of carbonyl (C=O) groups is 2. The molecule has 3 atom stereocenters. The van der Waals surface area contributed by atoms with Gasteiger partial charge in [0, 0.05) is 12.8 Å². The Kier molecular flexibility index (Phi) is 36.1. The Morgan fingerprint density at radius 1 is 0.569 bits per heavy atom. The summed E-state index contributed by atoms with van der Waals surface area (Å²) in [4.78, 5) is 34.9. The molecule has 0 radical (unpaired) electrons. The van der Waals surface area contributed by atoms with Crippen LogP contribution in [-0.2, 0) is 32.7 Å². The van der Waals surface area contributed by atoms with Gasteiger partial charge in [0.1, 0.15) is 12.7 Å².